The van der Waals surface area contributed by atoms with Gasteiger partial charge in [0, 0.05) is 35.5 Å². The number of amides is 1. The lowest BCUT2D eigenvalue weighted by Crippen LogP contribution is -2.19. The first kappa shape index (κ1) is 19.5. The van der Waals surface area contributed by atoms with E-state index in [2.05, 4.69) is 15.3 Å². The first-order chi connectivity index (χ1) is 12.4. The summed E-state index contributed by atoms with van der Waals surface area (Å²) in [5, 5.41) is 2.77. The Bertz CT molecular complexity index is 894. The standard InChI is InChI=1S/C17H21N3O5S/c1-9-11(16(22)20-17(26)18-9)5-6-14(21)19-10-7-12(23-2)15(25-4)13(8-10)24-3/h7-8H,5-6H2,1-4H3,(H,19,21)(H2,18,20,22,26). The van der Waals surface area contributed by atoms with Gasteiger partial charge in [0.2, 0.25) is 11.7 Å². The molecule has 26 heavy (non-hydrogen) atoms. The second-order valence-corrected chi connectivity index (χ2v) is 5.88. The molecular formula is C17H21N3O5S. The zero-order chi connectivity index (χ0) is 19.3. The lowest BCUT2D eigenvalue weighted by molar-refractivity contribution is -0.116. The molecule has 2 aromatic rings. The van der Waals surface area contributed by atoms with Crippen LogP contribution in [-0.4, -0.2) is 37.2 Å². The van der Waals surface area contributed by atoms with E-state index in [0.717, 1.165) is 0 Å². The van der Waals surface area contributed by atoms with E-state index in [-0.39, 0.29) is 29.1 Å². The topological polar surface area (TPSA) is 105 Å². The van der Waals surface area contributed by atoms with Gasteiger partial charge in [0.1, 0.15) is 0 Å². The van der Waals surface area contributed by atoms with Crippen LogP contribution in [-0.2, 0) is 11.2 Å². The maximum Gasteiger partial charge on any atom is 0.255 e. The minimum atomic E-state index is -0.285. The number of aromatic amines is 2. The molecule has 0 radical (unpaired) electrons. The van der Waals surface area contributed by atoms with Gasteiger partial charge in [0.25, 0.3) is 5.56 Å². The molecule has 0 saturated heterocycles. The van der Waals surface area contributed by atoms with E-state index in [1.165, 1.54) is 21.3 Å². The van der Waals surface area contributed by atoms with Crippen LogP contribution >= 0.6 is 12.2 Å². The molecule has 0 unspecified atom stereocenters. The predicted molar refractivity (Wildman–Crippen MR) is 100 cm³/mol. The SMILES string of the molecule is COc1cc(NC(=O)CCc2c(C)[nH]c(=S)[nH]c2=O)cc(OC)c1OC. The normalized spacial score (nSPS) is 10.3. The summed E-state index contributed by atoms with van der Waals surface area (Å²) in [5.74, 6) is 1.06. The third kappa shape index (κ3) is 4.42. The van der Waals surface area contributed by atoms with E-state index in [4.69, 9.17) is 26.4 Å². The predicted octanol–water partition coefficient (Wildman–Crippen LogP) is 2.34. The van der Waals surface area contributed by atoms with Crippen molar-refractivity contribution >= 4 is 23.8 Å². The van der Waals surface area contributed by atoms with Crippen molar-refractivity contribution in [3.8, 4) is 17.2 Å². The molecule has 0 saturated carbocycles. The highest BCUT2D eigenvalue weighted by Crippen LogP contribution is 2.39. The Kier molecular flexibility index (Phi) is 6.40. The third-order valence-electron chi connectivity index (χ3n) is 3.81. The fourth-order valence-corrected chi connectivity index (χ4v) is 2.79. The van der Waals surface area contributed by atoms with E-state index in [0.29, 0.717) is 34.2 Å². The van der Waals surface area contributed by atoms with Crippen molar-refractivity contribution in [1.82, 2.24) is 9.97 Å². The molecule has 9 heteroatoms. The molecule has 1 aromatic carbocycles. The van der Waals surface area contributed by atoms with Gasteiger partial charge >= 0.3 is 0 Å². The molecule has 0 atom stereocenters. The highest BCUT2D eigenvalue weighted by Gasteiger charge is 2.15. The van der Waals surface area contributed by atoms with Crippen LogP contribution < -0.4 is 25.1 Å². The number of rotatable bonds is 7. The monoisotopic (exact) mass is 379 g/mol. The molecular weight excluding hydrogens is 358 g/mol. The lowest BCUT2D eigenvalue weighted by atomic mass is 10.1. The van der Waals surface area contributed by atoms with Gasteiger partial charge in [-0.3, -0.25) is 14.6 Å². The second-order valence-electron chi connectivity index (χ2n) is 5.47. The van der Waals surface area contributed by atoms with Gasteiger partial charge in [-0.15, -0.1) is 0 Å². The summed E-state index contributed by atoms with van der Waals surface area (Å²) in [6, 6.07) is 3.27. The smallest absolute Gasteiger partial charge is 0.255 e. The molecule has 1 amide bonds. The van der Waals surface area contributed by atoms with Crippen LogP contribution in [0.15, 0.2) is 16.9 Å². The Morgan fingerprint density at radius 2 is 1.73 bits per heavy atom. The number of carbonyl (C=O) groups is 1. The van der Waals surface area contributed by atoms with Crippen LogP contribution in [0.3, 0.4) is 0 Å². The number of hydrogen-bond acceptors (Lipinski definition) is 6. The maximum absolute atomic E-state index is 12.3. The summed E-state index contributed by atoms with van der Waals surface area (Å²) in [6.07, 6.45) is 0.411. The van der Waals surface area contributed by atoms with E-state index in [1.54, 1.807) is 19.1 Å². The van der Waals surface area contributed by atoms with Gasteiger partial charge in [0.05, 0.1) is 21.3 Å². The van der Waals surface area contributed by atoms with Crippen LogP contribution in [0.4, 0.5) is 5.69 Å². The van der Waals surface area contributed by atoms with Crippen LogP contribution in [0.25, 0.3) is 0 Å². The van der Waals surface area contributed by atoms with Crippen molar-refractivity contribution in [2.24, 2.45) is 0 Å². The van der Waals surface area contributed by atoms with E-state index >= 15 is 0 Å². The summed E-state index contributed by atoms with van der Waals surface area (Å²) in [7, 11) is 4.50. The fraction of sp³-hybridized carbons (Fsp3) is 0.353. The van der Waals surface area contributed by atoms with E-state index < -0.39 is 0 Å². The third-order valence-corrected chi connectivity index (χ3v) is 4.01. The number of ether oxygens (including phenoxy) is 3. The number of H-pyrrole nitrogens is 2. The number of aromatic nitrogens is 2. The molecule has 1 aromatic heterocycles. The van der Waals surface area contributed by atoms with Crippen molar-refractivity contribution < 1.29 is 19.0 Å². The van der Waals surface area contributed by atoms with Crippen molar-refractivity contribution in [2.75, 3.05) is 26.6 Å². The van der Waals surface area contributed by atoms with Gasteiger partial charge in [-0.1, -0.05) is 0 Å². The van der Waals surface area contributed by atoms with E-state index in [1.807, 2.05) is 0 Å². The Hall–Kier alpha value is -2.81. The minimum Gasteiger partial charge on any atom is -0.493 e. The van der Waals surface area contributed by atoms with Crippen LogP contribution in [0, 0.1) is 11.7 Å². The molecule has 0 fully saturated rings. The molecule has 3 N–H and O–H groups in total. The number of nitrogens with one attached hydrogen (secondary N) is 3. The highest BCUT2D eigenvalue weighted by atomic mass is 32.1. The highest BCUT2D eigenvalue weighted by molar-refractivity contribution is 7.71. The summed E-state index contributed by atoms with van der Waals surface area (Å²) in [6.45, 7) is 1.75. The molecule has 140 valence electrons. The van der Waals surface area contributed by atoms with Gasteiger partial charge in [-0.25, -0.2) is 0 Å². The average Bonchev–Trinajstić information content (AvgIpc) is 2.59. The fourth-order valence-electron chi connectivity index (χ4n) is 2.54. The van der Waals surface area contributed by atoms with Gasteiger partial charge in [-0.2, -0.15) is 0 Å². The molecule has 0 aliphatic rings. The Balaban J connectivity index is 2.13. The molecule has 2 rings (SSSR count). The molecule has 0 aliphatic carbocycles. The summed E-state index contributed by atoms with van der Waals surface area (Å²) in [5.41, 5.74) is 1.37. The van der Waals surface area contributed by atoms with Crippen LogP contribution in [0.1, 0.15) is 17.7 Å². The van der Waals surface area contributed by atoms with Crippen molar-refractivity contribution in [2.45, 2.75) is 19.8 Å². The Morgan fingerprint density at radius 3 is 2.23 bits per heavy atom. The quantitative estimate of drug-likeness (QED) is 0.638. The summed E-state index contributed by atoms with van der Waals surface area (Å²) < 4.78 is 16.0. The number of methoxy groups -OCH3 is 3. The molecule has 0 bridgehead atoms. The maximum atomic E-state index is 12.3. The number of hydrogen-bond donors (Lipinski definition) is 3. The van der Waals surface area contributed by atoms with Crippen molar-refractivity contribution in [1.29, 1.82) is 0 Å². The number of carbonyl (C=O) groups excluding carboxylic acids is 1. The van der Waals surface area contributed by atoms with Crippen molar-refractivity contribution in [3.63, 3.8) is 0 Å². The molecule has 8 nitrogen and oxygen atoms in total. The van der Waals surface area contributed by atoms with E-state index in [9.17, 15) is 9.59 Å². The Labute approximate surface area is 155 Å². The minimum absolute atomic E-state index is 0.130. The zero-order valence-electron chi connectivity index (χ0n) is 15.0. The van der Waals surface area contributed by atoms with Crippen molar-refractivity contribution in [3.05, 3.63) is 38.5 Å². The molecule has 1 heterocycles. The van der Waals surface area contributed by atoms with Gasteiger partial charge in [-0.05, 0) is 25.6 Å². The summed E-state index contributed by atoms with van der Waals surface area (Å²) in [4.78, 5) is 29.6. The molecule has 0 spiro atoms. The number of benzene rings is 1. The second kappa shape index (κ2) is 8.52. The first-order valence-corrected chi connectivity index (χ1v) is 8.22. The average molecular weight is 379 g/mol. The van der Waals surface area contributed by atoms with Crippen LogP contribution in [0.5, 0.6) is 17.2 Å². The number of aryl methyl sites for hydroxylation is 1. The largest absolute Gasteiger partial charge is 0.493 e. The molecule has 0 aliphatic heterocycles. The first-order valence-electron chi connectivity index (χ1n) is 7.81. The summed E-state index contributed by atoms with van der Waals surface area (Å²) >= 11 is 4.91. The van der Waals surface area contributed by atoms with Gasteiger partial charge in [0.15, 0.2) is 16.3 Å². The van der Waals surface area contributed by atoms with Gasteiger partial charge < -0.3 is 24.5 Å². The lowest BCUT2D eigenvalue weighted by Gasteiger charge is -2.14. The van der Waals surface area contributed by atoms with Crippen LogP contribution in [0.2, 0.25) is 0 Å². The number of anilines is 1. The Morgan fingerprint density at radius 1 is 1.12 bits per heavy atom. The zero-order valence-corrected chi connectivity index (χ0v) is 15.8.